The Kier molecular flexibility index (Phi) is 5.15. The molecular weight excluding hydrogens is 280 g/mol. The van der Waals surface area contributed by atoms with Gasteiger partial charge in [-0.05, 0) is 51.5 Å². The van der Waals surface area contributed by atoms with Crippen LogP contribution in [0.5, 0.6) is 0 Å². The SMILES string of the molecule is Cc1ccc(NC(=O)CNC(C)c2cc(C)sc2C)cc1. The molecule has 2 rings (SSSR count). The highest BCUT2D eigenvalue weighted by Gasteiger charge is 2.12. The lowest BCUT2D eigenvalue weighted by Crippen LogP contribution is -2.30. The van der Waals surface area contributed by atoms with E-state index in [1.165, 1.54) is 20.9 Å². The van der Waals surface area contributed by atoms with E-state index in [4.69, 9.17) is 0 Å². The fraction of sp³-hybridized carbons (Fsp3) is 0.353. The Bertz CT molecular complexity index is 616. The molecular formula is C17H22N2OS. The maximum absolute atomic E-state index is 12.0. The predicted molar refractivity (Wildman–Crippen MR) is 90.0 cm³/mol. The molecule has 0 bridgehead atoms. The second-order valence-electron chi connectivity index (χ2n) is 5.39. The van der Waals surface area contributed by atoms with Crippen LogP contribution in [0.1, 0.15) is 33.8 Å². The molecule has 112 valence electrons. The van der Waals surface area contributed by atoms with Gasteiger partial charge in [0, 0.05) is 21.5 Å². The lowest BCUT2D eigenvalue weighted by atomic mass is 10.1. The molecule has 0 saturated carbocycles. The maximum atomic E-state index is 12.0. The molecule has 2 aromatic rings. The first-order chi connectivity index (χ1) is 9.95. The van der Waals surface area contributed by atoms with Crippen molar-refractivity contribution in [2.24, 2.45) is 0 Å². The van der Waals surface area contributed by atoms with Gasteiger partial charge in [-0.2, -0.15) is 0 Å². The maximum Gasteiger partial charge on any atom is 0.238 e. The van der Waals surface area contributed by atoms with Gasteiger partial charge in [-0.25, -0.2) is 0 Å². The first-order valence-corrected chi connectivity index (χ1v) is 7.94. The molecule has 1 heterocycles. The molecule has 0 aliphatic heterocycles. The van der Waals surface area contributed by atoms with Crippen molar-refractivity contribution in [3.05, 3.63) is 51.2 Å². The van der Waals surface area contributed by atoms with Crippen molar-refractivity contribution < 1.29 is 4.79 Å². The summed E-state index contributed by atoms with van der Waals surface area (Å²) in [6, 6.07) is 10.2. The van der Waals surface area contributed by atoms with E-state index in [0.717, 1.165) is 5.69 Å². The van der Waals surface area contributed by atoms with Crippen LogP contribution in [0.25, 0.3) is 0 Å². The van der Waals surface area contributed by atoms with E-state index in [2.05, 4.69) is 37.5 Å². The Balaban J connectivity index is 1.86. The summed E-state index contributed by atoms with van der Waals surface area (Å²) in [6.07, 6.45) is 0. The molecule has 4 heteroatoms. The normalized spacial score (nSPS) is 12.2. The van der Waals surface area contributed by atoms with Gasteiger partial charge >= 0.3 is 0 Å². The summed E-state index contributed by atoms with van der Waals surface area (Å²) in [5.74, 6) is -0.0182. The summed E-state index contributed by atoms with van der Waals surface area (Å²) in [7, 11) is 0. The Morgan fingerprint density at radius 1 is 1.19 bits per heavy atom. The number of anilines is 1. The highest BCUT2D eigenvalue weighted by molar-refractivity contribution is 7.12. The molecule has 0 aliphatic carbocycles. The van der Waals surface area contributed by atoms with Gasteiger partial charge in [-0.1, -0.05) is 17.7 Å². The second-order valence-corrected chi connectivity index (χ2v) is 6.85. The molecule has 1 aromatic heterocycles. The largest absolute Gasteiger partial charge is 0.325 e. The Morgan fingerprint density at radius 3 is 2.43 bits per heavy atom. The zero-order chi connectivity index (χ0) is 15.4. The minimum absolute atomic E-state index is 0.0182. The molecule has 21 heavy (non-hydrogen) atoms. The molecule has 2 N–H and O–H groups in total. The van der Waals surface area contributed by atoms with Gasteiger partial charge < -0.3 is 10.6 Å². The van der Waals surface area contributed by atoms with Gasteiger partial charge in [0.2, 0.25) is 5.91 Å². The van der Waals surface area contributed by atoms with E-state index in [9.17, 15) is 4.79 Å². The number of hydrogen-bond donors (Lipinski definition) is 2. The fourth-order valence-electron chi connectivity index (χ4n) is 2.28. The molecule has 1 atom stereocenters. The predicted octanol–water partition coefficient (Wildman–Crippen LogP) is 3.96. The number of hydrogen-bond acceptors (Lipinski definition) is 3. The number of aryl methyl sites for hydroxylation is 3. The summed E-state index contributed by atoms with van der Waals surface area (Å²) in [4.78, 5) is 14.6. The summed E-state index contributed by atoms with van der Waals surface area (Å²) < 4.78 is 0. The summed E-state index contributed by atoms with van der Waals surface area (Å²) in [5, 5.41) is 6.18. The van der Waals surface area contributed by atoms with Crippen LogP contribution in [0.2, 0.25) is 0 Å². The number of rotatable bonds is 5. The van der Waals surface area contributed by atoms with Crippen LogP contribution in [0, 0.1) is 20.8 Å². The van der Waals surface area contributed by atoms with Crippen molar-refractivity contribution in [3.8, 4) is 0 Å². The number of carbonyl (C=O) groups excluding carboxylic acids is 1. The molecule has 1 amide bonds. The van der Waals surface area contributed by atoms with Crippen molar-refractivity contribution >= 4 is 22.9 Å². The summed E-state index contributed by atoms with van der Waals surface area (Å²) >= 11 is 1.80. The third-order valence-electron chi connectivity index (χ3n) is 3.45. The Labute approximate surface area is 130 Å². The molecule has 0 spiro atoms. The second kappa shape index (κ2) is 6.87. The zero-order valence-electron chi connectivity index (χ0n) is 13.0. The quantitative estimate of drug-likeness (QED) is 0.877. The molecule has 0 radical (unpaired) electrons. The van der Waals surface area contributed by atoms with Crippen molar-refractivity contribution in [3.63, 3.8) is 0 Å². The van der Waals surface area contributed by atoms with Gasteiger partial charge in [0.15, 0.2) is 0 Å². The van der Waals surface area contributed by atoms with Crippen LogP contribution in [-0.4, -0.2) is 12.5 Å². The monoisotopic (exact) mass is 302 g/mol. The van der Waals surface area contributed by atoms with Gasteiger partial charge in [0.25, 0.3) is 0 Å². The standard InChI is InChI=1S/C17H22N2OS/c1-11-5-7-15(8-6-11)19-17(20)10-18-13(3)16-9-12(2)21-14(16)4/h5-9,13,18H,10H2,1-4H3,(H,19,20). The first-order valence-electron chi connectivity index (χ1n) is 7.12. The molecule has 0 aliphatic rings. The number of thiophene rings is 1. The van der Waals surface area contributed by atoms with E-state index >= 15 is 0 Å². The van der Waals surface area contributed by atoms with Crippen LogP contribution in [0.3, 0.4) is 0 Å². The number of benzene rings is 1. The lowest BCUT2D eigenvalue weighted by molar-refractivity contribution is -0.115. The van der Waals surface area contributed by atoms with Gasteiger partial charge in [-0.15, -0.1) is 11.3 Å². The lowest BCUT2D eigenvalue weighted by Gasteiger charge is -2.14. The average Bonchev–Trinajstić information content (AvgIpc) is 2.78. The topological polar surface area (TPSA) is 41.1 Å². The highest BCUT2D eigenvalue weighted by Crippen LogP contribution is 2.25. The van der Waals surface area contributed by atoms with Crippen LogP contribution >= 0.6 is 11.3 Å². The highest BCUT2D eigenvalue weighted by atomic mass is 32.1. The first kappa shape index (κ1) is 15.7. The van der Waals surface area contributed by atoms with E-state index in [-0.39, 0.29) is 11.9 Å². The van der Waals surface area contributed by atoms with E-state index in [0.29, 0.717) is 6.54 Å². The third kappa shape index (κ3) is 4.41. The summed E-state index contributed by atoms with van der Waals surface area (Å²) in [6.45, 7) is 8.66. The van der Waals surface area contributed by atoms with Gasteiger partial charge in [-0.3, -0.25) is 4.79 Å². The van der Waals surface area contributed by atoms with Crippen molar-refractivity contribution in [1.82, 2.24) is 5.32 Å². The third-order valence-corrected chi connectivity index (χ3v) is 4.43. The fourth-order valence-corrected chi connectivity index (χ4v) is 3.30. The zero-order valence-corrected chi connectivity index (χ0v) is 13.8. The smallest absolute Gasteiger partial charge is 0.238 e. The van der Waals surface area contributed by atoms with Crippen molar-refractivity contribution in [1.29, 1.82) is 0 Å². The van der Waals surface area contributed by atoms with Crippen molar-refractivity contribution in [2.75, 3.05) is 11.9 Å². The van der Waals surface area contributed by atoms with Gasteiger partial charge in [0.05, 0.1) is 6.54 Å². The van der Waals surface area contributed by atoms with Crippen LogP contribution < -0.4 is 10.6 Å². The molecule has 0 saturated heterocycles. The Hall–Kier alpha value is -1.65. The average molecular weight is 302 g/mol. The number of nitrogens with one attached hydrogen (secondary N) is 2. The van der Waals surface area contributed by atoms with Crippen LogP contribution in [0.15, 0.2) is 30.3 Å². The van der Waals surface area contributed by atoms with E-state index in [1.54, 1.807) is 11.3 Å². The van der Waals surface area contributed by atoms with Crippen LogP contribution in [0.4, 0.5) is 5.69 Å². The molecule has 1 aromatic carbocycles. The summed E-state index contributed by atoms with van der Waals surface area (Å²) in [5.41, 5.74) is 3.30. The van der Waals surface area contributed by atoms with Crippen molar-refractivity contribution in [2.45, 2.75) is 33.7 Å². The minimum Gasteiger partial charge on any atom is -0.325 e. The Morgan fingerprint density at radius 2 is 1.86 bits per heavy atom. The molecule has 3 nitrogen and oxygen atoms in total. The number of carbonyl (C=O) groups is 1. The van der Waals surface area contributed by atoms with E-state index in [1.807, 2.05) is 31.2 Å². The molecule has 1 unspecified atom stereocenters. The molecule has 0 fully saturated rings. The number of amides is 1. The van der Waals surface area contributed by atoms with Crippen LogP contribution in [-0.2, 0) is 4.79 Å². The van der Waals surface area contributed by atoms with Gasteiger partial charge in [0.1, 0.15) is 0 Å². The van der Waals surface area contributed by atoms with E-state index < -0.39 is 0 Å². The minimum atomic E-state index is -0.0182.